The second-order valence-electron chi connectivity index (χ2n) is 7.55. The number of benzene rings is 2. The summed E-state index contributed by atoms with van der Waals surface area (Å²) in [6.45, 7) is 1.75. The molecule has 4 aromatic rings. The first-order valence-electron chi connectivity index (χ1n) is 10.1. The molecule has 0 saturated heterocycles. The van der Waals surface area contributed by atoms with Crippen LogP contribution in [0.25, 0.3) is 28.2 Å². The van der Waals surface area contributed by atoms with E-state index in [0.29, 0.717) is 6.61 Å². The van der Waals surface area contributed by atoms with Crippen LogP contribution >= 0.6 is 0 Å². The highest BCUT2D eigenvalue weighted by atomic mass is 16.5. The molecule has 0 fully saturated rings. The number of aromatic nitrogens is 3. The highest BCUT2D eigenvalue weighted by molar-refractivity contribution is 5.67. The van der Waals surface area contributed by atoms with Gasteiger partial charge >= 0.3 is 0 Å². The first-order chi connectivity index (χ1) is 14.6. The fraction of sp³-hybridized carbons (Fsp3) is 0.250. The SMILES string of the molecule is CN(C)CCCOc1ccc(-c2nnc3ccc(-c4ccc(CO)cc4)cn23)cc1. The normalized spacial score (nSPS) is 11.3. The minimum absolute atomic E-state index is 0.0459. The van der Waals surface area contributed by atoms with E-state index in [0.717, 1.165) is 52.4 Å². The summed E-state index contributed by atoms with van der Waals surface area (Å²) in [5.41, 5.74) is 4.82. The Labute approximate surface area is 176 Å². The van der Waals surface area contributed by atoms with Gasteiger partial charge in [-0.3, -0.25) is 4.40 Å². The zero-order valence-corrected chi connectivity index (χ0v) is 17.3. The Balaban J connectivity index is 1.55. The number of aliphatic hydroxyl groups is 1. The van der Waals surface area contributed by atoms with Crippen molar-refractivity contribution in [3.63, 3.8) is 0 Å². The van der Waals surface area contributed by atoms with Gasteiger partial charge in [0.25, 0.3) is 0 Å². The number of hydrogen-bond donors (Lipinski definition) is 1. The minimum atomic E-state index is 0.0459. The van der Waals surface area contributed by atoms with E-state index in [1.54, 1.807) is 0 Å². The van der Waals surface area contributed by atoms with E-state index < -0.39 is 0 Å². The van der Waals surface area contributed by atoms with Crippen molar-refractivity contribution in [3.05, 3.63) is 72.4 Å². The molecule has 6 nitrogen and oxygen atoms in total. The molecule has 0 aliphatic heterocycles. The summed E-state index contributed by atoms with van der Waals surface area (Å²) in [4.78, 5) is 2.15. The Hall–Kier alpha value is -3.22. The Morgan fingerprint density at radius 3 is 2.27 bits per heavy atom. The van der Waals surface area contributed by atoms with Gasteiger partial charge in [-0.1, -0.05) is 24.3 Å². The minimum Gasteiger partial charge on any atom is -0.494 e. The average molecular weight is 402 g/mol. The lowest BCUT2D eigenvalue weighted by Gasteiger charge is -2.10. The van der Waals surface area contributed by atoms with Crippen molar-refractivity contribution in [2.75, 3.05) is 27.2 Å². The lowest BCUT2D eigenvalue weighted by molar-refractivity contribution is 0.281. The number of fused-ring (bicyclic) bond motifs is 1. The van der Waals surface area contributed by atoms with E-state index in [1.165, 1.54) is 0 Å². The summed E-state index contributed by atoms with van der Waals surface area (Å²) in [6.07, 6.45) is 3.04. The van der Waals surface area contributed by atoms with Crippen LogP contribution in [0.3, 0.4) is 0 Å². The molecule has 0 aliphatic rings. The first kappa shape index (κ1) is 20.1. The Morgan fingerprint density at radius 1 is 0.867 bits per heavy atom. The summed E-state index contributed by atoms with van der Waals surface area (Å²) in [7, 11) is 4.13. The fourth-order valence-corrected chi connectivity index (χ4v) is 3.33. The molecule has 2 heterocycles. The topological polar surface area (TPSA) is 62.9 Å². The van der Waals surface area contributed by atoms with Crippen molar-refractivity contribution < 1.29 is 9.84 Å². The van der Waals surface area contributed by atoms with Gasteiger partial charge < -0.3 is 14.7 Å². The molecule has 0 amide bonds. The highest BCUT2D eigenvalue weighted by Crippen LogP contribution is 2.25. The van der Waals surface area contributed by atoms with Crippen LogP contribution < -0.4 is 4.74 Å². The number of pyridine rings is 1. The molecule has 2 aromatic heterocycles. The number of aliphatic hydroxyl groups excluding tert-OH is 1. The summed E-state index contributed by atoms with van der Waals surface area (Å²) < 4.78 is 7.83. The molecule has 0 saturated carbocycles. The van der Waals surface area contributed by atoms with Crippen LogP contribution in [0.15, 0.2) is 66.9 Å². The molecule has 0 aliphatic carbocycles. The average Bonchev–Trinajstić information content (AvgIpc) is 3.20. The smallest absolute Gasteiger partial charge is 0.168 e. The van der Waals surface area contributed by atoms with Gasteiger partial charge in [-0.25, -0.2) is 0 Å². The highest BCUT2D eigenvalue weighted by Gasteiger charge is 2.10. The lowest BCUT2D eigenvalue weighted by Crippen LogP contribution is -2.15. The number of hydrogen-bond acceptors (Lipinski definition) is 5. The predicted octanol–water partition coefficient (Wildman–Crippen LogP) is 3.89. The monoisotopic (exact) mass is 402 g/mol. The molecule has 2 aromatic carbocycles. The van der Waals surface area contributed by atoms with E-state index >= 15 is 0 Å². The molecule has 0 atom stereocenters. The summed E-state index contributed by atoms with van der Waals surface area (Å²) in [5, 5.41) is 17.9. The van der Waals surface area contributed by atoms with Crippen molar-refractivity contribution in [2.45, 2.75) is 13.0 Å². The van der Waals surface area contributed by atoms with Crippen LogP contribution in [0.1, 0.15) is 12.0 Å². The third-order valence-corrected chi connectivity index (χ3v) is 5.00. The summed E-state index contributed by atoms with van der Waals surface area (Å²) in [5.74, 6) is 1.65. The van der Waals surface area contributed by atoms with Crippen molar-refractivity contribution >= 4 is 5.65 Å². The van der Waals surface area contributed by atoms with Crippen LogP contribution in [0.4, 0.5) is 0 Å². The van der Waals surface area contributed by atoms with Gasteiger partial charge in [-0.2, -0.15) is 0 Å². The third kappa shape index (κ3) is 4.50. The van der Waals surface area contributed by atoms with Crippen LogP contribution in [0, 0.1) is 0 Å². The second kappa shape index (κ2) is 9.07. The molecule has 0 radical (unpaired) electrons. The molecule has 0 spiro atoms. The quantitative estimate of drug-likeness (QED) is 0.453. The molecule has 6 heteroatoms. The lowest BCUT2D eigenvalue weighted by atomic mass is 10.1. The van der Waals surface area contributed by atoms with Gasteiger partial charge in [0.2, 0.25) is 0 Å². The van der Waals surface area contributed by atoms with E-state index in [4.69, 9.17) is 4.74 Å². The van der Waals surface area contributed by atoms with Gasteiger partial charge in [0, 0.05) is 18.3 Å². The number of nitrogens with zero attached hydrogens (tertiary/aromatic N) is 4. The van der Waals surface area contributed by atoms with Crippen molar-refractivity contribution in [1.29, 1.82) is 0 Å². The largest absolute Gasteiger partial charge is 0.494 e. The van der Waals surface area contributed by atoms with E-state index in [1.807, 2.05) is 71.3 Å². The van der Waals surface area contributed by atoms with Gasteiger partial charge in [-0.15, -0.1) is 10.2 Å². The molecule has 0 bridgehead atoms. The zero-order chi connectivity index (χ0) is 20.9. The van der Waals surface area contributed by atoms with Gasteiger partial charge in [0.15, 0.2) is 11.5 Å². The third-order valence-electron chi connectivity index (χ3n) is 5.00. The molecule has 30 heavy (non-hydrogen) atoms. The summed E-state index contributed by atoms with van der Waals surface area (Å²) in [6, 6.07) is 19.9. The van der Waals surface area contributed by atoms with Crippen molar-refractivity contribution in [3.8, 4) is 28.3 Å². The van der Waals surface area contributed by atoms with Crippen LogP contribution in [0.2, 0.25) is 0 Å². The zero-order valence-electron chi connectivity index (χ0n) is 17.3. The first-order valence-corrected chi connectivity index (χ1v) is 10.1. The second-order valence-corrected chi connectivity index (χ2v) is 7.55. The Bertz CT molecular complexity index is 1100. The fourth-order valence-electron chi connectivity index (χ4n) is 3.33. The molecular weight excluding hydrogens is 376 g/mol. The standard InChI is InChI=1S/C24H26N4O2/c1-27(2)14-3-15-30-22-11-8-20(9-12-22)24-26-25-23-13-10-21(16-28(23)24)19-6-4-18(17-29)5-7-19/h4-13,16,29H,3,14-15,17H2,1-2H3. The van der Waals surface area contributed by atoms with Crippen LogP contribution in [0.5, 0.6) is 5.75 Å². The maximum Gasteiger partial charge on any atom is 0.168 e. The number of ether oxygens (including phenoxy) is 1. The van der Waals surface area contributed by atoms with Crippen molar-refractivity contribution in [1.82, 2.24) is 19.5 Å². The molecule has 4 rings (SSSR count). The van der Waals surface area contributed by atoms with Gasteiger partial charge in [0.05, 0.1) is 13.2 Å². The Kier molecular flexibility index (Phi) is 6.07. The molecule has 154 valence electrons. The maximum atomic E-state index is 9.25. The van der Waals surface area contributed by atoms with Gasteiger partial charge in [0.1, 0.15) is 5.75 Å². The van der Waals surface area contributed by atoms with Crippen LogP contribution in [-0.4, -0.2) is 51.9 Å². The maximum absolute atomic E-state index is 9.25. The van der Waals surface area contributed by atoms with E-state index in [-0.39, 0.29) is 6.61 Å². The van der Waals surface area contributed by atoms with E-state index in [9.17, 15) is 5.11 Å². The summed E-state index contributed by atoms with van der Waals surface area (Å²) >= 11 is 0. The van der Waals surface area contributed by atoms with Crippen molar-refractivity contribution in [2.24, 2.45) is 0 Å². The molecular formula is C24H26N4O2. The molecule has 1 N–H and O–H groups in total. The van der Waals surface area contributed by atoms with Crippen LogP contribution in [-0.2, 0) is 6.61 Å². The molecule has 0 unspecified atom stereocenters. The predicted molar refractivity (Wildman–Crippen MR) is 118 cm³/mol. The van der Waals surface area contributed by atoms with E-state index in [2.05, 4.69) is 29.2 Å². The Morgan fingerprint density at radius 2 is 1.57 bits per heavy atom. The van der Waals surface area contributed by atoms with Gasteiger partial charge in [-0.05, 0) is 73.6 Å². The number of rotatable bonds is 8.